The summed E-state index contributed by atoms with van der Waals surface area (Å²) in [6.07, 6.45) is 3.39. The van der Waals surface area contributed by atoms with Gasteiger partial charge >= 0.3 is 0 Å². The van der Waals surface area contributed by atoms with Gasteiger partial charge in [0.1, 0.15) is 0 Å². The van der Waals surface area contributed by atoms with Crippen LogP contribution in [-0.2, 0) is 0 Å². The predicted molar refractivity (Wildman–Crippen MR) is 55.3 cm³/mol. The minimum atomic E-state index is -0.0931. The van der Waals surface area contributed by atoms with Crippen molar-refractivity contribution in [3.05, 3.63) is 59.9 Å². The van der Waals surface area contributed by atoms with Crippen LogP contribution in [0.3, 0.4) is 0 Å². The Morgan fingerprint density at radius 2 is 1.73 bits per heavy atom. The lowest BCUT2D eigenvalue weighted by atomic mass is 10.1. The summed E-state index contributed by atoms with van der Waals surface area (Å²) in [6.45, 7) is 0. The van der Waals surface area contributed by atoms with Crippen molar-refractivity contribution in [1.82, 2.24) is 4.57 Å². The van der Waals surface area contributed by atoms with Crippen molar-refractivity contribution in [3.8, 4) is 6.07 Å². The number of carbonyl (C=O) groups is 1. The highest BCUT2D eigenvalue weighted by Gasteiger charge is 2.06. The lowest BCUT2D eigenvalue weighted by molar-refractivity contribution is 0.0960. The molecule has 0 radical (unpaired) electrons. The average Bonchev–Trinajstić information content (AvgIpc) is 2.82. The third kappa shape index (κ3) is 1.79. The molecule has 0 unspecified atom stereocenters. The van der Waals surface area contributed by atoms with E-state index in [1.165, 1.54) is 4.57 Å². The highest BCUT2D eigenvalue weighted by Crippen LogP contribution is 2.06. The molecule has 0 saturated heterocycles. The first kappa shape index (κ1) is 9.22. The van der Waals surface area contributed by atoms with Gasteiger partial charge in [-0.1, -0.05) is 0 Å². The highest BCUT2D eigenvalue weighted by molar-refractivity contribution is 5.95. The number of hydrogen-bond donors (Lipinski definition) is 0. The molecular formula is C12H8N2O. The molecule has 0 fully saturated rings. The van der Waals surface area contributed by atoms with E-state index in [0.717, 1.165) is 0 Å². The maximum atomic E-state index is 11.8. The molecule has 3 heteroatoms. The van der Waals surface area contributed by atoms with Crippen LogP contribution in [0.15, 0.2) is 48.8 Å². The number of carbonyl (C=O) groups excluding carboxylic acids is 1. The van der Waals surface area contributed by atoms with Crippen LogP contribution in [0.25, 0.3) is 0 Å². The fraction of sp³-hybridized carbons (Fsp3) is 0. The molecule has 1 aromatic carbocycles. The van der Waals surface area contributed by atoms with E-state index in [4.69, 9.17) is 5.26 Å². The molecule has 0 spiro atoms. The monoisotopic (exact) mass is 196 g/mol. The van der Waals surface area contributed by atoms with Crippen molar-refractivity contribution in [2.45, 2.75) is 0 Å². The molecule has 0 aliphatic carbocycles. The van der Waals surface area contributed by atoms with E-state index in [0.29, 0.717) is 11.1 Å². The van der Waals surface area contributed by atoms with Crippen molar-refractivity contribution in [2.75, 3.05) is 0 Å². The Labute approximate surface area is 87.2 Å². The minimum absolute atomic E-state index is 0.0931. The quantitative estimate of drug-likeness (QED) is 0.700. The van der Waals surface area contributed by atoms with Crippen LogP contribution in [0.2, 0.25) is 0 Å². The number of nitrogens with zero attached hydrogens (tertiary/aromatic N) is 2. The summed E-state index contributed by atoms with van der Waals surface area (Å²) in [5.74, 6) is -0.0931. The molecule has 1 aromatic heterocycles. The van der Waals surface area contributed by atoms with Gasteiger partial charge in [-0.25, -0.2) is 0 Å². The van der Waals surface area contributed by atoms with Crippen molar-refractivity contribution >= 4 is 5.91 Å². The van der Waals surface area contributed by atoms with E-state index in [1.807, 2.05) is 6.07 Å². The summed E-state index contributed by atoms with van der Waals surface area (Å²) in [5, 5.41) is 8.61. The van der Waals surface area contributed by atoms with Crippen molar-refractivity contribution in [1.29, 1.82) is 5.26 Å². The molecule has 1 heterocycles. The van der Waals surface area contributed by atoms with Crippen molar-refractivity contribution in [3.63, 3.8) is 0 Å². The molecule has 0 bridgehead atoms. The molecule has 0 amide bonds. The van der Waals surface area contributed by atoms with Crippen LogP contribution in [0, 0.1) is 11.3 Å². The van der Waals surface area contributed by atoms with Crippen LogP contribution in [-0.4, -0.2) is 10.5 Å². The first-order valence-electron chi connectivity index (χ1n) is 4.49. The zero-order chi connectivity index (χ0) is 10.7. The molecular weight excluding hydrogens is 188 g/mol. The van der Waals surface area contributed by atoms with Crippen LogP contribution >= 0.6 is 0 Å². The van der Waals surface area contributed by atoms with Gasteiger partial charge in [0.15, 0.2) is 0 Å². The summed E-state index contributed by atoms with van der Waals surface area (Å²) >= 11 is 0. The lowest BCUT2D eigenvalue weighted by Gasteiger charge is -2.00. The summed E-state index contributed by atoms with van der Waals surface area (Å²) < 4.78 is 1.50. The Morgan fingerprint density at radius 3 is 2.27 bits per heavy atom. The maximum absolute atomic E-state index is 11.8. The molecule has 2 aromatic rings. The number of rotatable bonds is 1. The SMILES string of the molecule is N#Cc1ccc(C(=O)n2cccc2)cc1. The van der Waals surface area contributed by atoms with Crippen LogP contribution in [0.5, 0.6) is 0 Å². The summed E-state index contributed by atoms with van der Waals surface area (Å²) in [5.41, 5.74) is 1.13. The maximum Gasteiger partial charge on any atom is 0.261 e. The topological polar surface area (TPSA) is 45.8 Å². The second kappa shape index (κ2) is 3.81. The van der Waals surface area contributed by atoms with Crippen molar-refractivity contribution in [2.24, 2.45) is 0 Å². The van der Waals surface area contributed by atoms with Crippen molar-refractivity contribution < 1.29 is 4.79 Å². The fourth-order valence-corrected chi connectivity index (χ4v) is 1.31. The number of aromatic nitrogens is 1. The van der Waals surface area contributed by atoms with Crippen LogP contribution in [0.4, 0.5) is 0 Å². The zero-order valence-corrected chi connectivity index (χ0v) is 7.92. The Hall–Kier alpha value is -2.34. The molecule has 15 heavy (non-hydrogen) atoms. The third-order valence-corrected chi connectivity index (χ3v) is 2.10. The fourth-order valence-electron chi connectivity index (χ4n) is 1.31. The predicted octanol–water partition coefficient (Wildman–Crippen LogP) is 2.05. The van der Waals surface area contributed by atoms with E-state index in [2.05, 4.69) is 0 Å². The largest absolute Gasteiger partial charge is 0.291 e. The first-order valence-corrected chi connectivity index (χ1v) is 4.49. The Bertz CT molecular complexity index is 504. The van der Waals surface area contributed by atoms with E-state index in [9.17, 15) is 4.79 Å². The van der Waals surface area contributed by atoms with E-state index in [-0.39, 0.29) is 5.91 Å². The van der Waals surface area contributed by atoms with Gasteiger partial charge in [0, 0.05) is 18.0 Å². The summed E-state index contributed by atoms with van der Waals surface area (Å²) in [7, 11) is 0. The highest BCUT2D eigenvalue weighted by atomic mass is 16.2. The molecule has 3 nitrogen and oxygen atoms in total. The Morgan fingerprint density at radius 1 is 1.13 bits per heavy atom. The van der Waals surface area contributed by atoms with Crippen LogP contribution in [0.1, 0.15) is 15.9 Å². The van der Waals surface area contributed by atoms with Gasteiger partial charge < -0.3 is 0 Å². The van der Waals surface area contributed by atoms with E-state index >= 15 is 0 Å². The first-order chi connectivity index (χ1) is 7.31. The number of nitriles is 1. The second-order valence-electron chi connectivity index (χ2n) is 3.08. The van der Waals surface area contributed by atoms with Gasteiger partial charge in [0.05, 0.1) is 11.6 Å². The van der Waals surface area contributed by atoms with Gasteiger partial charge in [0.25, 0.3) is 5.91 Å². The standard InChI is InChI=1S/C12H8N2O/c13-9-10-3-5-11(6-4-10)12(15)14-7-1-2-8-14/h1-8H. The minimum Gasteiger partial charge on any atom is -0.291 e. The van der Waals surface area contributed by atoms with E-state index in [1.54, 1.807) is 48.8 Å². The van der Waals surface area contributed by atoms with Gasteiger partial charge in [0.2, 0.25) is 0 Å². The third-order valence-electron chi connectivity index (χ3n) is 2.10. The van der Waals surface area contributed by atoms with Crippen LogP contribution < -0.4 is 0 Å². The lowest BCUT2D eigenvalue weighted by Crippen LogP contribution is -2.09. The molecule has 0 aliphatic rings. The summed E-state index contributed by atoms with van der Waals surface area (Å²) in [6, 6.07) is 12.2. The van der Waals surface area contributed by atoms with Gasteiger partial charge in [-0.2, -0.15) is 5.26 Å². The number of hydrogen-bond acceptors (Lipinski definition) is 2. The molecule has 0 N–H and O–H groups in total. The molecule has 0 aliphatic heterocycles. The zero-order valence-electron chi connectivity index (χ0n) is 7.92. The molecule has 2 rings (SSSR count). The van der Waals surface area contributed by atoms with Gasteiger partial charge in [-0.05, 0) is 36.4 Å². The van der Waals surface area contributed by atoms with Gasteiger partial charge in [-0.3, -0.25) is 9.36 Å². The molecule has 72 valence electrons. The summed E-state index contributed by atoms with van der Waals surface area (Å²) in [4.78, 5) is 11.8. The van der Waals surface area contributed by atoms with E-state index < -0.39 is 0 Å². The Kier molecular flexibility index (Phi) is 2.34. The smallest absolute Gasteiger partial charge is 0.261 e. The average molecular weight is 196 g/mol. The molecule has 0 saturated carbocycles. The van der Waals surface area contributed by atoms with Gasteiger partial charge in [-0.15, -0.1) is 0 Å². The number of benzene rings is 1. The second-order valence-corrected chi connectivity index (χ2v) is 3.08. The molecule has 0 atom stereocenters. The Balaban J connectivity index is 2.32. The normalized spacial score (nSPS) is 9.53.